The van der Waals surface area contributed by atoms with Crippen molar-refractivity contribution in [2.45, 2.75) is 39.0 Å². The van der Waals surface area contributed by atoms with Gasteiger partial charge in [-0.25, -0.2) is 0 Å². The van der Waals surface area contributed by atoms with E-state index in [9.17, 15) is 4.79 Å². The number of aromatic nitrogens is 3. The fourth-order valence-electron chi connectivity index (χ4n) is 3.65. The van der Waals surface area contributed by atoms with Crippen LogP contribution in [0, 0.1) is 6.92 Å². The van der Waals surface area contributed by atoms with Gasteiger partial charge < -0.3 is 14.8 Å². The molecule has 186 valence electrons. The molecule has 0 spiro atoms. The topological polar surface area (TPSA) is 78.3 Å². The summed E-state index contributed by atoms with van der Waals surface area (Å²) >= 11 is 1.33. The molecule has 4 aromatic rings. The Morgan fingerprint density at radius 1 is 0.917 bits per heavy atom. The van der Waals surface area contributed by atoms with Crippen LogP contribution in [0.3, 0.4) is 0 Å². The predicted octanol–water partition coefficient (Wildman–Crippen LogP) is 5.85. The molecule has 1 N–H and O–H groups in total. The summed E-state index contributed by atoms with van der Waals surface area (Å²) in [5, 5.41) is 12.4. The number of nitrogens with zero attached hydrogens (tertiary/aromatic N) is 3. The molecule has 1 aromatic heterocycles. The third-order valence-electron chi connectivity index (χ3n) is 5.50. The van der Waals surface area contributed by atoms with Crippen molar-refractivity contribution < 1.29 is 14.3 Å². The summed E-state index contributed by atoms with van der Waals surface area (Å²) in [5.41, 5.74) is 3.97. The summed E-state index contributed by atoms with van der Waals surface area (Å²) in [6, 6.07) is 23.4. The lowest BCUT2D eigenvalue weighted by molar-refractivity contribution is -0.113. The van der Waals surface area contributed by atoms with E-state index in [1.807, 2.05) is 91.2 Å². The lowest BCUT2D eigenvalue weighted by atomic mass is 10.1. The number of amides is 1. The normalized spacial score (nSPS) is 10.8. The molecule has 0 bridgehead atoms. The summed E-state index contributed by atoms with van der Waals surface area (Å²) < 4.78 is 13.5. The lowest BCUT2D eigenvalue weighted by Crippen LogP contribution is -2.16. The van der Waals surface area contributed by atoms with Gasteiger partial charge in [-0.3, -0.25) is 9.36 Å². The summed E-state index contributed by atoms with van der Waals surface area (Å²) in [7, 11) is 0. The van der Waals surface area contributed by atoms with E-state index in [-0.39, 0.29) is 18.3 Å². The third-order valence-corrected chi connectivity index (χ3v) is 6.43. The van der Waals surface area contributed by atoms with Gasteiger partial charge in [0.15, 0.2) is 11.0 Å². The van der Waals surface area contributed by atoms with Gasteiger partial charge in [-0.1, -0.05) is 54.6 Å². The van der Waals surface area contributed by atoms with Crippen LogP contribution in [0.25, 0.3) is 5.69 Å². The summed E-state index contributed by atoms with van der Waals surface area (Å²) in [4.78, 5) is 12.7. The van der Waals surface area contributed by atoms with E-state index in [0.717, 1.165) is 34.9 Å². The highest BCUT2D eigenvalue weighted by Gasteiger charge is 2.17. The molecule has 0 radical (unpaired) electrons. The molecule has 7 nitrogen and oxygen atoms in total. The zero-order chi connectivity index (χ0) is 25.3. The average Bonchev–Trinajstić information content (AvgIpc) is 3.31. The third kappa shape index (κ3) is 6.46. The van der Waals surface area contributed by atoms with Gasteiger partial charge in [0.2, 0.25) is 5.91 Å². The smallest absolute Gasteiger partial charge is 0.234 e. The van der Waals surface area contributed by atoms with Crippen molar-refractivity contribution >= 4 is 23.4 Å². The summed E-state index contributed by atoms with van der Waals surface area (Å²) in [6.07, 6.45) is 0.847. The minimum atomic E-state index is -0.0976. The van der Waals surface area contributed by atoms with Crippen molar-refractivity contribution in [1.82, 2.24) is 14.8 Å². The molecule has 0 unspecified atom stereocenters. The molecule has 0 atom stereocenters. The van der Waals surface area contributed by atoms with Gasteiger partial charge in [0.05, 0.1) is 12.4 Å². The molecule has 1 heterocycles. The minimum absolute atomic E-state index is 0.0976. The Kier molecular flexibility index (Phi) is 8.62. The highest BCUT2D eigenvalue weighted by Crippen LogP contribution is 2.25. The number of rotatable bonds is 11. The van der Waals surface area contributed by atoms with Crippen molar-refractivity contribution in [3.05, 3.63) is 89.7 Å². The summed E-state index contributed by atoms with van der Waals surface area (Å²) in [6.45, 7) is 6.89. The van der Waals surface area contributed by atoms with Crippen molar-refractivity contribution in [2.24, 2.45) is 0 Å². The van der Waals surface area contributed by atoms with Gasteiger partial charge in [-0.05, 0) is 68.3 Å². The Morgan fingerprint density at radius 2 is 1.61 bits per heavy atom. The maximum atomic E-state index is 12.7. The van der Waals surface area contributed by atoms with Crippen molar-refractivity contribution in [3.8, 4) is 17.2 Å². The average molecular weight is 503 g/mol. The fraction of sp³-hybridized carbons (Fsp3) is 0.250. The molecule has 36 heavy (non-hydrogen) atoms. The van der Waals surface area contributed by atoms with Gasteiger partial charge in [-0.2, -0.15) is 0 Å². The molecule has 1 amide bonds. The van der Waals surface area contributed by atoms with Crippen LogP contribution in [0.5, 0.6) is 11.5 Å². The highest BCUT2D eigenvalue weighted by molar-refractivity contribution is 7.99. The molecule has 0 aliphatic carbocycles. The van der Waals surface area contributed by atoms with Gasteiger partial charge in [0.1, 0.15) is 18.1 Å². The Morgan fingerprint density at radius 3 is 2.33 bits per heavy atom. The molecule has 3 aromatic carbocycles. The van der Waals surface area contributed by atoms with Gasteiger partial charge in [-0.15, -0.1) is 10.2 Å². The van der Waals surface area contributed by atoms with Crippen LogP contribution < -0.4 is 14.8 Å². The predicted molar refractivity (Wildman–Crippen MR) is 143 cm³/mol. The first-order valence-electron chi connectivity index (χ1n) is 11.9. The van der Waals surface area contributed by atoms with E-state index in [0.29, 0.717) is 17.6 Å². The Hall–Kier alpha value is -3.78. The first-order chi connectivity index (χ1) is 17.6. The van der Waals surface area contributed by atoms with Crippen LogP contribution in [-0.2, 0) is 17.8 Å². The monoisotopic (exact) mass is 502 g/mol. The molecule has 8 heteroatoms. The number of anilines is 1. The van der Waals surface area contributed by atoms with Crippen molar-refractivity contribution in [1.29, 1.82) is 0 Å². The van der Waals surface area contributed by atoms with Gasteiger partial charge in [0.25, 0.3) is 0 Å². The van der Waals surface area contributed by atoms with Gasteiger partial charge in [0, 0.05) is 11.4 Å². The van der Waals surface area contributed by atoms with E-state index in [1.54, 1.807) is 0 Å². The first kappa shape index (κ1) is 25.3. The second kappa shape index (κ2) is 12.3. The molecule has 0 aliphatic rings. The van der Waals surface area contributed by atoms with Crippen LogP contribution in [0.4, 0.5) is 5.69 Å². The lowest BCUT2D eigenvalue weighted by Gasteiger charge is -2.13. The Labute approximate surface area is 215 Å². The molecule has 0 fully saturated rings. The number of nitrogens with one attached hydrogen (secondary N) is 1. The van der Waals surface area contributed by atoms with Crippen LogP contribution in [0.1, 0.15) is 30.8 Å². The van der Waals surface area contributed by atoms with Crippen LogP contribution in [-0.4, -0.2) is 33.0 Å². The SMILES string of the molecule is CCOc1ccc(-n2c(COc3ccc(C)cc3)nnc2SCC(=O)Nc2ccccc2CC)cc1. The van der Waals surface area contributed by atoms with Crippen LogP contribution >= 0.6 is 11.8 Å². The molecular weight excluding hydrogens is 472 g/mol. The number of thioether (sulfide) groups is 1. The fourth-order valence-corrected chi connectivity index (χ4v) is 4.42. The molecule has 4 rings (SSSR count). The number of benzene rings is 3. The van der Waals surface area contributed by atoms with E-state index in [1.165, 1.54) is 17.3 Å². The largest absolute Gasteiger partial charge is 0.494 e. The van der Waals surface area contributed by atoms with E-state index in [2.05, 4.69) is 22.4 Å². The number of para-hydroxylation sites is 1. The number of ether oxygens (including phenoxy) is 2. The van der Waals surface area contributed by atoms with Crippen LogP contribution in [0.15, 0.2) is 78.0 Å². The van der Waals surface area contributed by atoms with E-state index >= 15 is 0 Å². The molecule has 0 saturated heterocycles. The zero-order valence-corrected chi connectivity index (χ0v) is 21.5. The Balaban J connectivity index is 1.52. The minimum Gasteiger partial charge on any atom is -0.494 e. The molecule has 0 saturated carbocycles. The van der Waals surface area contributed by atoms with E-state index in [4.69, 9.17) is 9.47 Å². The molecular formula is C28H30N4O3S. The number of hydrogen-bond acceptors (Lipinski definition) is 6. The second-order valence-corrected chi connectivity index (χ2v) is 9.05. The number of carbonyl (C=O) groups is 1. The highest BCUT2D eigenvalue weighted by atomic mass is 32.2. The quantitative estimate of drug-likeness (QED) is 0.259. The zero-order valence-electron chi connectivity index (χ0n) is 20.7. The van der Waals surface area contributed by atoms with E-state index < -0.39 is 0 Å². The Bertz CT molecular complexity index is 1290. The maximum Gasteiger partial charge on any atom is 0.234 e. The molecule has 0 aliphatic heterocycles. The number of hydrogen-bond donors (Lipinski definition) is 1. The maximum absolute atomic E-state index is 12.7. The number of carbonyl (C=O) groups excluding carboxylic acids is 1. The van der Waals surface area contributed by atoms with Crippen molar-refractivity contribution in [2.75, 3.05) is 17.7 Å². The standard InChI is InChI=1S/C28H30N4O3S/c1-4-21-8-6-7-9-25(21)29-27(33)19-36-28-31-30-26(18-35-24-14-10-20(3)11-15-24)32(28)22-12-16-23(17-13-22)34-5-2/h6-17H,4-5,18-19H2,1-3H3,(H,29,33). The first-order valence-corrected chi connectivity index (χ1v) is 12.9. The van der Waals surface area contributed by atoms with Crippen LogP contribution in [0.2, 0.25) is 0 Å². The van der Waals surface area contributed by atoms with Gasteiger partial charge >= 0.3 is 0 Å². The second-order valence-electron chi connectivity index (χ2n) is 8.11. The number of aryl methyl sites for hydroxylation is 2. The summed E-state index contributed by atoms with van der Waals surface area (Å²) in [5.74, 6) is 2.28. The van der Waals surface area contributed by atoms with Crippen molar-refractivity contribution in [3.63, 3.8) is 0 Å².